The Labute approximate surface area is 194 Å². The predicted octanol–water partition coefficient (Wildman–Crippen LogP) is 4.36. The van der Waals surface area contributed by atoms with Crippen molar-refractivity contribution in [3.63, 3.8) is 0 Å². The SMILES string of the molecule is Cc1ccc(Cc2nsc(N3CCCN(S(=O)(=O)c4cccc(C(F)(F)F)c4)CC3)n2)cc1. The number of rotatable bonds is 5. The summed E-state index contributed by atoms with van der Waals surface area (Å²) in [4.78, 5) is 6.26. The number of aromatic nitrogens is 2. The maximum Gasteiger partial charge on any atom is 0.416 e. The highest BCUT2D eigenvalue weighted by atomic mass is 32.2. The Morgan fingerprint density at radius 2 is 1.79 bits per heavy atom. The third-order valence-electron chi connectivity index (χ3n) is 5.46. The van der Waals surface area contributed by atoms with Crippen LogP contribution in [0.15, 0.2) is 53.4 Å². The molecule has 1 saturated heterocycles. The fourth-order valence-electron chi connectivity index (χ4n) is 3.64. The topological polar surface area (TPSA) is 66.4 Å². The molecule has 0 amide bonds. The van der Waals surface area contributed by atoms with E-state index in [4.69, 9.17) is 0 Å². The highest BCUT2D eigenvalue weighted by Crippen LogP contribution is 2.31. The van der Waals surface area contributed by atoms with Crippen LogP contribution < -0.4 is 4.90 Å². The van der Waals surface area contributed by atoms with E-state index in [1.54, 1.807) is 0 Å². The van der Waals surface area contributed by atoms with Gasteiger partial charge in [-0.15, -0.1) is 0 Å². The summed E-state index contributed by atoms with van der Waals surface area (Å²) in [7, 11) is -4.04. The molecule has 3 aromatic rings. The summed E-state index contributed by atoms with van der Waals surface area (Å²) in [6.07, 6.45) is -3.46. The molecule has 0 bridgehead atoms. The molecule has 0 unspecified atom stereocenters. The molecule has 0 saturated carbocycles. The molecule has 0 radical (unpaired) electrons. The van der Waals surface area contributed by atoms with Gasteiger partial charge < -0.3 is 4.90 Å². The second-order valence-electron chi connectivity index (χ2n) is 7.93. The standard InChI is InChI=1S/C22H23F3N4O2S2/c1-16-6-8-17(9-7-16)14-20-26-21(32-27-20)28-10-3-11-29(13-12-28)33(30,31)19-5-2-4-18(15-19)22(23,24)25/h2,4-9,15H,3,10-14H2,1H3. The van der Waals surface area contributed by atoms with Crippen molar-refractivity contribution < 1.29 is 21.6 Å². The van der Waals surface area contributed by atoms with E-state index in [9.17, 15) is 21.6 Å². The molecule has 0 aliphatic carbocycles. The van der Waals surface area contributed by atoms with Gasteiger partial charge in [0.2, 0.25) is 15.2 Å². The summed E-state index contributed by atoms with van der Waals surface area (Å²) in [6.45, 7) is 3.39. The van der Waals surface area contributed by atoms with Crippen LogP contribution in [0.25, 0.3) is 0 Å². The lowest BCUT2D eigenvalue weighted by Gasteiger charge is -2.21. The molecule has 2 aromatic carbocycles. The normalized spacial score (nSPS) is 16.1. The molecule has 176 valence electrons. The minimum absolute atomic E-state index is 0.158. The van der Waals surface area contributed by atoms with Gasteiger partial charge in [-0.25, -0.2) is 13.4 Å². The predicted molar refractivity (Wildman–Crippen MR) is 121 cm³/mol. The number of halogens is 3. The lowest BCUT2D eigenvalue weighted by Crippen LogP contribution is -2.35. The maximum atomic E-state index is 13.0. The van der Waals surface area contributed by atoms with E-state index in [1.807, 2.05) is 36.1 Å². The number of benzene rings is 2. The van der Waals surface area contributed by atoms with E-state index in [2.05, 4.69) is 9.36 Å². The van der Waals surface area contributed by atoms with Gasteiger partial charge in [0.25, 0.3) is 0 Å². The molecule has 2 heterocycles. The molecular weight excluding hydrogens is 473 g/mol. The Hall–Kier alpha value is -2.50. The zero-order valence-electron chi connectivity index (χ0n) is 17.9. The fraction of sp³-hybridized carbons (Fsp3) is 0.364. The molecule has 33 heavy (non-hydrogen) atoms. The van der Waals surface area contributed by atoms with Gasteiger partial charge in [0.05, 0.1) is 10.5 Å². The van der Waals surface area contributed by atoms with Crippen LogP contribution in [-0.2, 0) is 22.6 Å². The van der Waals surface area contributed by atoms with Gasteiger partial charge in [-0.3, -0.25) is 0 Å². The summed E-state index contributed by atoms with van der Waals surface area (Å²) in [6, 6.07) is 12.0. The molecule has 1 aliphatic heterocycles. The molecule has 11 heteroatoms. The van der Waals surface area contributed by atoms with Gasteiger partial charge in [0.15, 0.2) is 0 Å². The zero-order valence-corrected chi connectivity index (χ0v) is 19.6. The van der Waals surface area contributed by atoms with E-state index < -0.39 is 21.8 Å². The molecule has 1 aliphatic rings. The first-order chi connectivity index (χ1) is 15.6. The van der Waals surface area contributed by atoms with Crippen molar-refractivity contribution in [3.8, 4) is 0 Å². The van der Waals surface area contributed by atoms with Crippen LogP contribution in [0.3, 0.4) is 0 Å². The average molecular weight is 497 g/mol. The molecule has 6 nitrogen and oxygen atoms in total. The number of sulfonamides is 1. The van der Waals surface area contributed by atoms with Crippen molar-refractivity contribution in [1.29, 1.82) is 0 Å². The van der Waals surface area contributed by atoms with E-state index in [-0.39, 0.29) is 18.0 Å². The van der Waals surface area contributed by atoms with Crippen molar-refractivity contribution in [2.24, 2.45) is 0 Å². The number of alkyl halides is 3. The molecule has 4 rings (SSSR count). The molecule has 0 atom stereocenters. The molecule has 1 aromatic heterocycles. The van der Waals surface area contributed by atoms with Crippen LogP contribution >= 0.6 is 11.5 Å². The molecular formula is C22H23F3N4O2S2. The van der Waals surface area contributed by atoms with Crippen molar-refractivity contribution in [3.05, 3.63) is 71.0 Å². The van der Waals surface area contributed by atoms with Crippen LogP contribution in [0, 0.1) is 6.92 Å². The highest BCUT2D eigenvalue weighted by Gasteiger charge is 2.33. The van der Waals surface area contributed by atoms with Crippen molar-refractivity contribution in [2.75, 3.05) is 31.1 Å². The molecule has 0 spiro atoms. The summed E-state index contributed by atoms with van der Waals surface area (Å²) < 4.78 is 70.8. The minimum atomic E-state index is -4.60. The van der Waals surface area contributed by atoms with Gasteiger partial charge in [0, 0.05) is 44.1 Å². The first-order valence-electron chi connectivity index (χ1n) is 10.4. The third kappa shape index (κ3) is 5.53. The van der Waals surface area contributed by atoms with Crippen LogP contribution in [0.5, 0.6) is 0 Å². The Bertz CT molecular complexity index is 1210. The molecule has 0 N–H and O–H groups in total. The van der Waals surface area contributed by atoms with Crippen LogP contribution in [0.2, 0.25) is 0 Å². The highest BCUT2D eigenvalue weighted by molar-refractivity contribution is 7.89. The van der Waals surface area contributed by atoms with Gasteiger partial charge in [-0.2, -0.15) is 21.9 Å². The number of nitrogens with zero attached hydrogens (tertiary/aromatic N) is 4. The lowest BCUT2D eigenvalue weighted by molar-refractivity contribution is -0.137. The third-order valence-corrected chi connectivity index (χ3v) is 8.17. The quantitative estimate of drug-likeness (QED) is 0.525. The van der Waals surface area contributed by atoms with Crippen molar-refractivity contribution >= 4 is 26.7 Å². The smallest absolute Gasteiger partial charge is 0.345 e. The largest absolute Gasteiger partial charge is 0.416 e. The maximum absolute atomic E-state index is 13.0. The lowest BCUT2D eigenvalue weighted by atomic mass is 10.1. The summed E-state index contributed by atoms with van der Waals surface area (Å²) >= 11 is 1.27. The second kappa shape index (κ2) is 9.40. The Morgan fingerprint density at radius 3 is 2.52 bits per heavy atom. The first-order valence-corrected chi connectivity index (χ1v) is 12.6. The van der Waals surface area contributed by atoms with Gasteiger partial charge >= 0.3 is 6.18 Å². The van der Waals surface area contributed by atoms with Crippen molar-refractivity contribution in [1.82, 2.24) is 13.7 Å². The van der Waals surface area contributed by atoms with Crippen LogP contribution in [0.1, 0.15) is 28.9 Å². The fourth-order valence-corrected chi connectivity index (χ4v) is 5.89. The number of hydrogen-bond acceptors (Lipinski definition) is 6. The van der Waals surface area contributed by atoms with E-state index in [0.29, 0.717) is 37.8 Å². The first kappa shape index (κ1) is 23.7. The Kier molecular flexibility index (Phi) is 6.73. The number of anilines is 1. The summed E-state index contributed by atoms with van der Waals surface area (Å²) in [5.41, 5.74) is 1.31. The minimum Gasteiger partial charge on any atom is -0.345 e. The van der Waals surface area contributed by atoms with E-state index >= 15 is 0 Å². The zero-order chi connectivity index (χ0) is 23.6. The van der Waals surface area contributed by atoms with Crippen molar-refractivity contribution in [2.45, 2.75) is 30.8 Å². The van der Waals surface area contributed by atoms with Gasteiger partial charge in [-0.05, 0) is 37.1 Å². The average Bonchev–Trinajstić information content (AvgIpc) is 3.09. The Balaban J connectivity index is 1.44. The van der Waals surface area contributed by atoms with Gasteiger partial charge in [-0.1, -0.05) is 35.9 Å². The van der Waals surface area contributed by atoms with E-state index in [0.717, 1.165) is 22.8 Å². The summed E-state index contributed by atoms with van der Waals surface area (Å²) in [5.74, 6) is 0.705. The van der Waals surface area contributed by atoms with Gasteiger partial charge in [0.1, 0.15) is 5.82 Å². The number of hydrogen-bond donors (Lipinski definition) is 0. The monoisotopic (exact) mass is 496 g/mol. The second-order valence-corrected chi connectivity index (χ2v) is 10.6. The molecule has 1 fully saturated rings. The van der Waals surface area contributed by atoms with Crippen LogP contribution in [0.4, 0.5) is 18.3 Å². The number of aryl methyl sites for hydroxylation is 1. The van der Waals surface area contributed by atoms with E-state index in [1.165, 1.54) is 27.5 Å². The Morgan fingerprint density at radius 1 is 1.03 bits per heavy atom. The summed E-state index contributed by atoms with van der Waals surface area (Å²) in [5, 5.41) is 0.718. The van der Waals surface area contributed by atoms with Crippen LogP contribution in [-0.4, -0.2) is 48.3 Å².